The number of aromatic nitrogens is 1. The van der Waals surface area contributed by atoms with Gasteiger partial charge in [-0.2, -0.15) is 4.31 Å². The molecule has 1 N–H and O–H groups in total. The number of benzene rings is 2. The number of anilines is 1. The Morgan fingerprint density at radius 3 is 2.39 bits per heavy atom. The van der Waals surface area contributed by atoms with Crippen LogP contribution in [0.5, 0.6) is 5.75 Å². The number of nitrogens with zero attached hydrogens (tertiary/aromatic N) is 2. The highest BCUT2D eigenvalue weighted by molar-refractivity contribution is 7.89. The summed E-state index contributed by atoms with van der Waals surface area (Å²) in [5, 5.41) is 2.81. The number of aryl methyl sites for hydroxylation is 1. The molecule has 0 unspecified atom stereocenters. The maximum absolute atomic E-state index is 12.7. The summed E-state index contributed by atoms with van der Waals surface area (Å²) < 4.78 is 34.3. The van der Waals surface area contributed by atoms with Gasteiger partial charge in [-0.25, -0.2) is 8.42 Å². The Kier molecular flexibility index (Phi) is 6.11. The number of carbonyl (C=O) groups excluding carboxylic acids is 1. The van der Waals surface area contributed by atoms with Gasteiger partial charge in [0.25, 0.3) is 5.91 Å². The minimum atomic E-state index is -3.57. The fourth-order valence-corrected chi connectivity index (χ4v) is 5.14. The summed E-state index contributed by atoms with van der Waals surface area (Å²) in [7, 11) is -1.90. The Morgan fingerprint density at radius 2 is 1.71 bits per heavy atom. The van der Waals surface area contributed by atoms with E-state index in [1.807, 2.05) is 30.3 Å². The summed E-state index contributed by atoms with van der Waals surface area (Å²) in [6.45, 7) is 1.51. The molecule has 0 bridgehead atoms. The summed E-state index contributed by atoms with van der Waals surface area (Å²) in [6.07, 6.45) is 3.22. The van der Waals surface area contributed by atoms with Crippen LogP contribution in [0.1, 0.15) is 28.9 Å². The molecular formula is C23H25N3O4S. The van der Waals surface area contributed by atoms with Gasteiger partial charge in [-0.05, 0) is 48.7 Å². The fourth-order valence-electron chi connectivity index (χ4n) is 3.55. The molecule has 2 heterocycles. The van der Waals surface area contributed by atoms with E-state index in [2.05, 4.69) is 5.32 Å². The van der Waals surface area contributed by atoms with Gasteiger partial charge < -0.3 is 14.6 Å². The molecule has 162 valence electrons. The first kappa shape index (κ1) is 21.1. The maximum Gasteiger partial charge on any atom is 0.272 e. The molecule has 0 radical (unpaired) electrons. The van der Waals surface area contributed by atoms with Gasteiger partial charge in [0.1, 0.15) is 22.9 Å². The van der Waals surface area contributed by atoms with Gasteiger partial charge in [0.15, 0.2) is 0 Å². The molecule has 1 aromatic heterocycles. The van der Waals surface area contributed by atoms with Crippen molar-refractivity contribution in [2.45, 2.75) is 24.3 Å². The van der Waals surface area contributed by atoms with Gasteiger partial charge in [-0.1, -0.05) is 30.3 Å². The number of hydrogen-bond acceptors (Lipinski definition) is 4. The first-order valence-electron chi connectivity index (χ1n) is 10.2. The minimum Gasteiger partial charge on any atom is -0.489 e. The van der Waals surface area contributed by atoms with E-state index in [0.29, 0.717) is 31.1 Å². The Morgan fingerprint density at radius 1 is 1.03 bits per heavy atom. The highest BCUT2D eigenvalue weighted by Crippen LogP contribution is 2.23. The van der Waals surface area contributed by atoms with Crippen LogP contribution in [0.3, 0.4) is 0 Å². The minimum absolute atomic E-state index is 0.145. The maximum atomic E-state index is 12.7. The number of hydrogen-bond donors (Lipinski definition) is 1. The van der Waals surface area contributed by atoms with Crippen LogP contribution in [0.25, 0.3) is 0 Å². The number of nitrogens with one attached hydrogen (secondary N) is 1. The van der Waals surface area contributed by atoms with Gasteiger partial charge >= 0.3 is 0 Å². The molecule has 1 aliphatic rings. The second kappa shape index (κ2) is 8.95. The van der Waals surface area contributed by atoms with Crippen LogP contribution in [-0.2, 0) is 23.7 Å². The topological polar surface area (TPSA) is 80.6 Å². The molecule has 3 aromatic rings. The predicted molar refractivity (Wildman–Crippen MR) is 119 cm³/mol. The van der Waals surface area contributed by atoms with Crippen LogP contribution in [0.2, 0.25) is 0 Å². The van der Waals surface area contributed by atoms with E-state index in [1.165, 1.54) is 21.1 Å². The molecule has 1 amide bonds. The highest BCUT2D eigenvalue weighted by Gasteiger charge is 2.29. The Hall–Kier alpha value is -3.10. The molecular weight excluding hydrogens is 414 g/mol. The first-order chi connectivity index (χ1) is 14.9. The zero-order chi connectivity index (χ0) is 21.8. The first-order valence-corrected chi connectivity index (χ1v) is 11.6. The van der Waals surface area contributed by atoms with Crippen molar-refractivity contribution in [3.63, 3.8) is 0 Å². The van der Waals surface area contributed by atoms with Crippen molar-refractivity contribution in [1.29, 1.82) is 0 Å². The summed E-state index contributed by atoms with van der Waals surface area (Å²) >= 11 is 0. The van der Waals surface area contributed by atoms with Gasteiger partial charge in [0, 0.05) is 32.0 Å². The monoisotopic (exact) mass is 439 g/mol. The Balaban J connectivity index is 1.41. The average molecular weight is 440 g/mol. The number of amides is 1. The SMILES string of the molecule is Cn1cc(S(=O)(=O)N2CCCC2)cc1C(=O)Nc1ccc(OCc2ccccc2)cc1. The molecule has 1 fully saturated rings. The van der Waals surface area contributed by atoms with E-state index in [0.717, 1.165) is 18.4 Å². The van der Waals surface area contributed by atoms with Crippen LogP contribution in [0.15, 0.2) is 71.8 Å². The smallest absolute Gasteiger partial charge is 0.272 e. The molecule has 4 rings (SSSR count). The van der Waals surface area contributed by atoms with E-state index in [-0.39, 0.29) is 16.5 Å². The fraction of sp³-hybridized carbons (Fsp3) is 0.261. The van der Waals surface area contributed by atoms with Crippen molar-refractivity contribution >= 4 is 21.6 Å². The molecule has 7 nitrogen and oxygen atoms in total. The third-order valence-electron chi connectivity index (χ3n) is 5.28. The molecule has 1 saturated heterocycles. The number of sulfonamides is 1. The van der Waals surface area contributed by atoms with Crippen molar-refractivity contribution in [2.24, 2.45) is 7.05 Å². The normalized spacial score (nSPS) is 14.5. The Labute approximate surface area is 182 Å². The highest BCUT2D eigenvalue weighted by atomic mass is 32.2. The Bertz CT molecular complexity index is 1150. The van der Waals surface area contributed by atoms with Gasteiger partial charge in [0.05, 0.1) is 0 Å². The second-order valence-electron chi connectivity index (χ2n) is 7.54. The van der Waals surface area contributed by atoms with Crippen molar-refractivity contribution in [3.8, 4) is 5.75 Å². The quantitative estimate of drug-likeness (QED) is 0.610. The largest absolute Gasteiger partial charge is 0.489 e. The summed E-state index contributed by atoms with van der Waals surface area (Å²) in [6, 6.07) is 18.4. The molecule has 0 saturated carbocycles. The molecule has 2 aromatic carbocycles. The van der Waals surface area contributed by atoms with Crippen LogP contribution < -0.4 is 10.1 Å². The second-order valence-corrected chi connectivity index (χ2v) is 9.47. The standard InChI is InChI=1S/C23H25N3O4S/c1-25-16-21(31(28,29)26-13-5-6-14-26)15-22(25)23(27)24-19-9-11-20(12-10-19)30-17-18-7-3-2-4-8-18/h2-4,7-12,15-16H,5-6,13-14,17H2,1H3,(H,24,27). The van der Waals surface area contributed by atoms with Crippen molar-refractivity contribution < 1.29 is 17.9 Å². The zero-order valence-electron chi connectivity index (χ0n) is 17.3. The average Bonchev–Trinajstić information content (AvgIpc) is 3.45. The molecule has 0 atom stereocenters. The van der Waals surface area contributed by atoms with E-state index in [9.17, 15) is 13.2 Å². The van der Waals surface area contributed by atoms with E-state index in [1.54, 1.807) is 31.3 Å². The third-order valence-corrected chi connectivity index (χ3v) is 7.14. The lowest BCUT2D eigenvalue weighted by Crippen LogP contribution is -2.27. The van der Waals surface area contributed by atoms with E-state index >= 15 is 0 Å². The van der Waals surface area contributed by atoms with Crippen molar-refractivity contribution in [1.82, 2.24) is 8.87 Å². The zero-order valence-corrected chi connectivity index (χ0v) is 18.1. The van der Waals surface area contributed by atoms with Gasteiger partial charge in [-0.3, -0.25) is 4.79 Å². The number of rotatable bonds is 7. The van der Waals surface area contributed by atoms with Crippen LogP contribution in [0.4, 0.5) is 5.69 Å². The lowest BCUT2D eigenvalue weighted by atomic mass is 10.2. The van der Waals surface area contributed by atoms with Crippen molar-refractivity contribution in [2.75, 3.05) is 18.4 Å². The van der Waals surface area contributed by atoms with Crippen LogP contribution in [-0.4, -0.2) is 36.3 Å². The van der Waals surface area contributed by atoms with Gasteiger partial charge in [0.2, 0.25) is 10.0 Å². The lowest BCUT2D eigenvalue weighted by molar-refractivity contribution is 0.101. The molecule has 0 spiro atoms. The molecule has 31 heavy (non-hydrogen) atoms. The van der Waals surface area contributed by atoms with E-state index in [4.69, 9.17) is 4.74 Å². The van der Waals surface area contributed by atoms with Crippen LogP contribution in [0, 0.1) is 0 Å². The van der Waals surface area contributed by atoms with Crippen LogP contribution >= 0.6 is 0 Å². The summed E-state index contributed by atoms with van der Waals surface area (Å²) in [5.41, 5.74) is 1.95. The van der Waals surface area contributed by atoms with E-state index < -0.39 is 10.0 Å². The predicted octanol–water partition coefficient (Wildman–Crippen LogP) is 3.64. The van der Waals surface area contributed by atoms with Gasteiger partial charge in [-0.15, -0.1) is 0 Å². The molecule has 8 heteroatoms. The van der Waals surface area contributed by atoms with Crippen molar-refractivity contribution in [3.05, 3.63) is 78.1 Å². The summed E-state index contributed by atoms with van der Waals surface area (Å²) in [4.78, 5) is 12.9. The molecule has 0 aliphatic carbocycles. The number of ether oxygens (including phenoxy) is 1. The molecule has 1 aliphatic heterocycles. The summed E-state index contributed by atoms with van der Waals surface area (Å²) in [5.74, 6) is 0.322. The number of carbonyl (C=O) groups is 1. The third kappa shape index (κ3) is 4.81. The lowest BCUT2D eigenvalue weighted by Gasteiger charge is -2.13.